The van der Waals surface area contributed by atoms with Gasteiger partial charge in [0.2, 0.25) is 0 Å². The van der Waals surface area contributed by atoms with Crippen molar-refractivity contribution in [2.45, 2.75) is 45.6 Å². The molecule has 1 heterocycles. The summed E-state index contributed by atoms with van der Waals surface area (Å²) in [5.41, 5.74) is -0.365. The second kappa shape index (κ2) is 7.87. The fourth-order valence-electron chi connectivity index (χ4n) is 2.86. The number of aliphatic hydroxyl groups is 1. The summed E-state index contributed by atoms with van der Waals surface area (Å²) in [4.78, 5) is 13.7. The van der Waals surface area contributed by atoms with Crippen LogP contribution in [0.1, 0.15) is 39.5 Å². The van der Waals surface area contributed by atoms with E-state index in [4.69, 9.17) is 4.74 Å². The van der Waals surface area contributed by atoms with E-state index in [0.717, 1.165) is 38.6 Å². The average Bonchev–Trinajstić information content (AvgIpc) is 2.41. The normalized spacial score (nSPS) is 24.7. The van der Waals surface area contributed by atoms with Crippen molar-refractivity contribution in [1.29, 1.82) is 0 Å². The number of carbonyl (C=O) groups excluding carboxylic acids is 1. The van der Waals surface area contributed by atoms with Crippen molar-refractivity contribution in [1.82, 2.24) is 4.90 Å². The minimum absolute atomic E-state index is 0.145. The Morgan fingerprint density at radius 2 is 2.17 bits per heavy atom. The highest BCUT2D eigenvalue weighted by molar-refractivity contribution is 5.60. The molecule has 0 aromatic heterocycles. The van der Waals surface area contributed by atoms with Gasteiger partial charge in [-0.1, -0.05) is 13.8 Å². The number of aliphatic hydroxyl groups excluding tert-OH is 1. The standard InChI is InChI=1S/C14H27NO3/c1-3-13(4-2)15(7-8-16)10-14(11-17)6-5-9-18-12-14/h11,13,16H,3-10,12H2,1-2H3. The molecule has 0 spiro atoms. The van der Waals surface area contributed by atoms with E-state index in [1.54, 1.807) is 0 Å². The van der Waals surface area contributed by atoms with Crippen molar-refractivity contribution in [3.63, 3.8) is 0 Å². The second-order valence-electron chi connectivity index (χ2n) is 5.30. The van der Waals surface area contributed by atoms with Gasteiger partial charge in [0.15, 0.2) is 0 Å². The zero-order valence-electron chi connectivity index (χ0n) is 11.7. The van der Waals surface area contributed by atoms with Crippen LogP contribution in [0.3, 0.4) is 0 Å². The topological polar surface area (TPSA) is 49.8 Å². The van der Waals surface area contributed by atoms with Crippen molar-refractivity contribution in [2.75, 3.05) is 32.9 Å². The molecule has 0 aromatic carbocycles. The fraction of sp³-hybridized carbons (Fsp3) is 0.929. The zero-order valence-corrected chi connectivity index (χ0v) is 11.7. The van der Waals surface area contributed by atoms with Gasteiger partial charge >= 0.3 is 0 Å². The SMILES string of the molecule is CCC(CC)N(CCO)CC1(C=O)CCCOC1. The average molecular weight is 257 g/mol. The molecule has 1 atom stereocenters. The fourth-order valence-corrected chi connectivity index (χ4v) is 2.86. The summed E-state index contributed by atoms with van der Waals surface area (Å²) < 4.78 is 5.48. The predicted molar refractivity (Wildman–Crippen MR) is 71.6 cm³/mol. The Morgan fingerprint density at radius 3 is 2.61 bits per heavy atom. The largest absolute Gasteiger partial charge is 0.395 e. The lowest BCUT2D eigenvalue weighted by atomic mass is 9.83. The van der Waals surface area contributed by atoms with Crippen LogP contribution in [0.5, 0.6) is 0 Å². The maximum absolute atomic E-state index is 11.5. The van der Waals surface area contributed by atoms with E-state index in [9.17, 15) is 9.90 Å². The Labute approximate surface area is 110 Å². The number of carbonyl (C=O) groups is 1. The van der Waals surface area contributed by atoms with Crippen LogP contribution in [0.15, 0.2) is 0 Å². The third-order valence-corrected chi connectivity index (χ3v) is 3.97. The molecule has 4 nitrogen and oxygen atoms in total. The summed E-state index contributed by atoms with van der Waals surface area (Å²) in [6.07, 6.45) is 5.02. The van der Waals surface area contributed by atoms with Crippen LogP contribution in [-0.2, 0) is 9.53 Å². The zero-order chi connectivity index (χ0) is 13.4. The van der Waals surface area contributed by atoms with Crippen molar-refractivity contribution in [3.8, 4) is 0 Å². The second-order valence-corrected chi connectivity index (χ2v) is 5.30. The van der Waals surface area contributed by atoms with Gasteiger partial charge in [-0.05, 0) is 25.7 Å². The van der Waals surface area contributed by atoms with Gasteiger partial charge in [0.1, 0.15) is 6.29 Å². The van der Waals surface area contributed by atoms with E-state index in [1.807, 2.05) is 0 Å². The van der Waals surface area contributed by atoms with E-state index in [1.165, 1.54) is 0 Å². The minimum Gasteiger partial charge on any atom is -0.395 e. The highest BCUT2D eigenvalue weighted by Crippen LogP contribution is 2.28. The minimum atomic E-state index is -0.365. The van der Waals surface area contributed by atoms with Gasteiger partial charge < -0.3 is 14.6 Å². The first kappa shape index (κ1) is 15.6. The van der Waals surface area contributed by atoms with Crippen LogP contribution >= 0.6 is 0 Å². The van der Waals surface area contributed by atoms with Gasteiger partial charge in [-0.25, -0.2) is 0 Å². The molecule has 1 N–H and O–H groups in total. The van der Waals surface area contributed by atoms with Crippen LogP contribution in [-0.4, -0.2) is 55.2 Å². The summed E-state index contributed by atoms with van der Waals surface area (Å²) in [6.45, 7) is 7.10. The molecule has 0 aliphatic carbocycles. The van der Waals surface area contributed by atoms with Crippen molar-refractivity contribution >= 4 is 6.29 Å². The summed E-state index contributed by atoms with van der Waals surface area (Å²) in [7, 11) is 0. The lowest BCUT2D eigenvalue weighted by Gasteiger charge is -2.39. The first-order chi connectivity index (χ1) is 8.71. The molecule has 1 unspecified atom stereocenters. The van der Waals surface area contributed by atoms with Gasteiger partial charge in [0.25, 0.3) is 0 Å². The molecule has 0 saturated carbocycles. The Bertz CT molecular complexity index is 235. The highest BCUT2D eigenvalue weighted by atomic mass is 16.5. The van der Waals surface area contributed by atoms with Crippen molar-refractivity contribution in [2.24, 2.45) is 5.41 Å². The van der Waals surface area contributed by atoms with Gasteiger partial charge in [-0.2, -0.15) is 0 Å². The monoisotopic (exact) mass is 257 g/mol. The molecular formula is C14H27NO3. The Balaban J connectivity index is 2.69. The summed E-state index contributed by atoms with van der Waals surface area (Å²) in [6, 6.07) is 0.441. The third-order valence-electron chi connectivity index (χ3n) is 3.97. The van der Waals surface area contributed by atoms with Crippen molar-refractivity contribution < 1.29 is 14.6 Å². The first-order valence-corrected chi connectivity index (χ1v) is 7.10. The Hall–Kier alpha value is -0.450. The molecule has 1 aliphatic heterocycles. The molecule has 106 valence electrons. The molecule has 0 bridgehead atoms. The number of hydrogen-bond donors (Lipinski definition) is 1. The van der Waals surface area contributed by atoms with Crippen LogP contribution < -0.4 is 0 Å². The van der Waals surface area contributed by atoms with Crippen molar-refractivity contribution in [3.05, 3.63) is 0 Å². The Kier molecular flexibility index (Phi) is 6.82. The molecule has 1 rings (SSSR count). The van der Waals surface area contributed by atoms with Gasteiger partial charge in [0, 0.05) is 25.7 Å². The molecule has 0 aromatic rings. The molecule has 1 saturated heterocycles. The van der Waals surface area contributed by atoms with E-state index >= 15 is 0 Å². The van der Waals surface area contributed by atoms with E-state index < -0.39 is 0 Å². The van der Waals surface area contributed by atoms with Gasteiger partial charge in [-0.15, -0.1) is 0 Å². The summed E-state index contributed by atoms with van der Waals surface area (Å²) >= 11 is 0. The van der Waals surface area contributed by atoms with Gasteiger partial charge in [0.05, 0.1) is 18.6 Å². The lowest BCUT2D eigenvalue weighted by molar-refractivity contribution is -0.126. The summed E-state index contributed by atoms with van der Waals surface area (Å²) in [5.74, 6) is 0. The first-order valence-electron chi connectivity index (χ1n) is 7.10. The maximum atomic E-state index is 11.5. The lowest BCUT2D eigenvalue weighted by Crippen LogP contribution is -2.48. The number of ether oxygens (including phenoxy) is 1. The van der Waals surface area contributed by atoms with Crippen LogP contribution in [0.2, 0.25) is 0 Å². The quantitative estimate of drug-likeness (QED) is 0.669. The molecular weight excluding hydrogens is 230 g/mol. The molecule has 4 heteroatoms. The molecule has 18 heavy (non-hydrogen) atoms. The smallest absolute Gasteiger partial charge is 0.129 e. The van der Waals surface area contributed by atoms with E-state index in [2.05, 4.69) is 18.7 Å². The number of nitrogens with zero attached hydrogens (tertiary/aromatic N) is 1. The molecule has 1 fully saturated rings. The molecule has 1 aliphatic rings. The van der Waals surface area contributed by atoms with Gasteiger partial charge in [-0.3, -0.25) is 4.90 Å². The van der Waals surface area contributed by atoms with Crippen LogP contribution in [0.4, 0.5) is 0 Å². The predicted octanol–water partition coefficient (Wildman–Crippen LogP) is 1.47. The third kappa shape index (κ3) is 4.04. The highest BCUT2D eigenvalue weighted by Gasteiger charge is 2.35. The number of aldehydes is 1. The molecule has 0 radical (unpaired) electrons. The summed E-state index contributed by atoms with van der Waals surface area (Å²) in [5, 5.41) is 9.20. The number of hydrogen-bond acceptors (Lipinski definition) is 4. The van der Waals surface area contributed by atoms with E-state index in [-0.39, 0.29) is 12.0 Å². The van der Waals surface area contributed by atoms with E-state index in [0.29, 0.717) is 25.7 Å². The maximum Gasteiger partial charge on any atom is 0.129 e. The number of rotatable bonds is 8. The Morgan fingerprint density at radius 1 is 1.44 bits per heavy atom. The van der Waals surface area contributed by atoms with Crippen LogP contribution in [0, 0.1) is 5.41 Å². The van der Waals surface area contributed by atoms with Crippen LogP contribution in [0.25, 0.3) is 0 Å². The molecule has 0 amide bonds.